The summed E-state index contributed by atoms with van der Waals surface area (Å²) in [5.74, 6) is -3.63. The average Bonchev–Trinajstić information content (AvgIpc) is 2.97. The molecule has 3 rings (SSSR count). The highest BCUT2D eigenvalue weighted by molar-refractivity contribution is 5.82. The topological polar surface area (TPSA) is 91.6 Å². The Labute approximate surface area is 277 Å². The van der Waals surface area contributed by atoms with Crippen LogP contribution in [0.3, 0.4) is 0 Å². The molecule has 0 aliphatic rings. The number of aliphatic carboxylic acids is 1. The average molecular weight is 678 g/mol. The number of halogens is 5. The number of alkyl halides is 3. The van der Waals surface area contributed by atoms with Crippen molar-refractivity contribution in [3.05, 3.63) is 90.9 Å². The molecule has 48 heavy (non-hydrogen) atoms. The van der Waals surface area contributed by atoms with Crippen molar-refractivity contribution < 1.29 is 36.6 Å². The van der Waals surface area contributed by atoms with Crippen LogP contribution < -0.4 is 10.9 Å². The zero-order valence-corrected chi connectivity index (χ0v) is 28.8. The van der Waals surface area contributed by atoms with E-state index in [0.29, 0.717) is 33.9 Å². The van der Waals surface area contributed by atoms with E-state index in [4.69, 9.17) is 0 Å². The van der Waals surface area contributed by atoms with Crippen molar-refractivity contribution in [3.8, 4) is 11.1 Å². The number of carboxylic acids is 1. The van der Waals surface area contributed by atoms with Crippen molar-refractivity contribution >= 4 is 11.9 Å². The maximum Gasteiger partial charge on any atom is 0.416 e. The van der Waals surface area contributed by atoms with Gasteiger partial charge in [-0.05, 0) is 124 Å². The number of rotatable bonds is 12. The minimum absolute atomic E-state index is 0.0197. The summed E-state index contributed by atoms with van der Waals surface area (Å²) in [7, 11) is 3.38. The number of nitrogens with zero attached hydrogens (tertiary/aromatic N) is 2. The molecule has 0 spiro atoms. The zero-order chi connectivity index (χ0) is 36.4. The maximum absolute atomic E-state index is 15.8. The Balaban J connectivity index is 2.19. The van der Waals surface area contributed by atoms with Crippen LogP contribution in [0.25, 0.3) is 11.1 Å². The van der Waals surface area contributed by atoms with Crippen molar-refractivity contribution in [3.63, 3.8) is 0 Å². The second kappa shape index (κ2) is 15.0. The highest BCUT2D eigenvalue weighted by Gasteiger charge is 2.36. The van der Waals surface area contributed by atoms with Crippen LogP contribution in [0.15, 0.2) is 29.2 Å². The van der Waals surface area contributed by atoms with E-state index in [1.54, 1.807) is 53.6 Å². The number of aryl methyl sites for hydroxylation is 1. The maximum atomic E-state index is 15.8. The van der Waals surface area contributed by atoms with Crippen LogP contribution in [0.2, 0.25) is 0 Å². The van der Waals surface area contributed by atoms with Crippen LogP contribution >= 0.6 is 0 Å². The van der Waals surface area contributed by atoms with Gasteiger partial charge in [-0.1, -0.05) is 13.8 Å². The molecule has 2 atom stereocenters. The molecule has 0 bridgehead atoms. The molecule has 1 unspecified atom stereocenters. The van der Waals surface area contributed by atoms with Crippen LogP contribution in [0.1, 0.15) is 83.3 Å². The fourth-order valence-electron chi connectivity index (χ4n) is 6.05. The van der Waals surface area contributed by atoms with Crippen LogP contribution in [-0.2, 0) is 22.2 Å². The molecule has 1 heterocycles. The van der Waals surface area contributed by atoms with E-state index in [2.05, 4.69) is 5.32 Å². The van der Waals surface area contributed by atoms with E-state index in [0.717, 1.165) is 16.3 Å². The number of carbonyl (C=O) groups excluding carboxylic acids is 1. The number of nitrogens with one attached hydrogen (secondary N) is 1. The van der Waals surface area contributed by atoms with Crippen molar-refractivity contribution in [1.82, 2.24) is 14.8 Å². The molecule has 2 aromatic carbocycles. The molecule has 0 saturated heterocycles. The first-order chi connectivity index (χ1) is 22.1. The lowest BCUT2D eigenvalue weighted by Crippen LogP contribution is -2.41. The van der Waals surface area contributed by atoms with Crippen LogP contribution in [-0.4, -0.2) is 47.1 Å². The second-order valence-corrected chi connectivity index (χ2v) is 13.2. The van der Waals surface area contributed by atoms with Crippen molar-refractivity contribution in [2.45, 2.75) is 86.0 Å². The highest BCUT2D eigenvalue weighted by atomic mass is 19.4. The Morgan fingerprint density at radius 1 is 0.938 bits per heavy atom. The molecule has 3 aromatic rings. The number of hydrogen-bond acceptors (Lipinski definition) is 4. The number of carbonyl (C=O) groups is 2. The van der Waals surface area contributed by atoms with Gasteiger partial charge in [0.05, 0.1) is 18.0 Å². The van der Waals surface area contributed by atoms with Gasteiger partial charge in [0, 0.05) is 24.4 Å². The van der Waals surface area contributed by atoms with Gasteiger partial charge in [0.15, 0.2) is 0 Å². The molecule has 0 aliphatic heterocycles. The first kappa shape index (κ1) is 38.4. The van der Waals surface area contributed by atoms with Gasteiger partial charge in [-0.25, -0.2) is 8.78 Å². The second-order valence-electron chi connectivity index (χ2n) is 13.2. The summed E-state index contributed by atoms with van der Waals surface area (Å²) >= 11 is 0. The molecule has 0 radical (unpaired) electrons. The van der Waals surface area contributed by atoms with Crippen LogP contribution in [0.4, 0.5) is 22.0 Å². The predicted octanol–water partition coefficient (Wildman–Crippen LogP) is 7.38. The smallest absolute Gasteiger partial charge is 0.416 e. The molecule has 12 heteroatoms. The van der Waals surface area contributed by atoms with Gasteiger partial charge in [-0.3, -0.25) is 14.4 Å². The molecule has 262 valence electrons. The first-order valence-electron chi connectivity index (χ1n) is 15.7. The van der Waals surface area contributed by atoms with Crippen molar-refractivity contribution in [1.29, 1.82) is 0 Å². The summed E-state index contributed by atoms with van der Waals surface area (Å²) in [5, 5.41) is 12.4. The molecule has 1 aromatic heterocycles. The molecule has 7 nitrogen and oxygen atoms in total. The third-order valence-electron chi connectivity index (χ3n) is 8.81. The number of aromatic nitrogens is 1. The van der Waals surface area contributed by atoms with Gasteiger partial charge < -0.3 is 19.9 Å². The zero-order valence-electron chi connectivity index (χ0n) is 28.8. The number of carboxylic acid groups (broad SMARTS) is 1. The Hall–Kier alpha value is -4.06. The van der Waals surface area contributed by atoms with E-state index < -0.39 is 59.3 Å². The van der Waals surface area contributed by atoms with Crippen LogP contribution in [0, 0.1) is 52.2 Å². The normalized spacial score (nSPS) is 13.2. The quantitative estimate of drug-likeness (QED) is 0.195. The van der Waals surface area contributed by atoms with Gasteiger partial charge in [-0.15, -0.1) is 0 Å². The molecule has 0 saturated carbocycles. The summed E-state index contributed by atoms with van der Waals surface area (Å²) in [4.78, 5) is 40.9. The molecular weight excluding hydrogens is 633 g/mol. The summed E-state index contributed by atoms with van der Waals surface area (Å²) in [5.41, 5.74) is 0.841. The van der Waals surface area contributed by atoms with E-state index >= 15 is 8.78 Å². The Morgan fingerprint density at radius 2 is 1.56 bits per heavy atom. The molecular formula is C36H44F5N3O4. The third-order valence-corrected chi connectivity index (χ3v) is 8.81. The number of amides is 1. The fraction of sp³-hybridized carbons (Fsp3) is 0.472. The van der Waals surface area contributed by atoms with Gasteiger partial charge in [0.1, 0.15) is 17.7 Å². The molecule has 2 N–H and O–H groups in total. The number of likely N-dealkylation sites (N-methyl/N-ethyl adjacent to an activating group) is 1. The van der Waals surface area contributed by atoms with E-state index in [1.165, 1.54) is 19.1 Å². The SMILES string of the molecule is Cc1cc(-c2c(C)c(C)c(C)c(F)c2C)cc([C@H](CC(=O)O)NC(=O)C(CC(C)C)n2cc(CCN(C)C)c(C(F)(F)F)cc2=O)c1F. The molecule has 1 amide bonds. The van der Waals surface area contributed by atoms with Crippen molar-refractivity contribution in [2.75, 3.05) is 20.6 Å². The summed E-state index contributed by atoms with van der Waals surface area (Å²) in [6.45, 7) is 12.1. The third kappa shape index (κ3) is 8.50. The standard InChI is InChI=1S/C36H44F5N3O4/c1-18(2)12-29(44-17-24(10-11-43(8)9)27(15-30(44)45)36(39,40)41)35(48)42-28(16-31(46)47)26-14-25(13-19(3)33(26)37)32-21(5)20(4)22(6)34(38)23(32)7/h13-15,17-18,28-29H,10-12,16H2,1-9H3,(H,42,48)(H,46,47)/t28-,29?/m0/s1. The van der Waals surface area contributed by atoms with Gasteiger partial charge in [-0.2, -0.15) is 13.2 Å². The molecule has 0 aliphatic carbocycles. The monoisotopic (exact) mass is 677 g/mol. The number of hydrogen-bond donors (Lipinski definition) is 2. The van der Waals surface area contributed by atoms with Gasteiger partial charge in [0.25, 0.3) is 5.56 Å². The lowest BCUT2D eigenvalue weighted by Gasteiger charge is -2.27. The predicted molar refractivity (Wildman–Crippen MR) is 175 cm³/mol. The number of benzene rings is 2. The minimum Gasteiger partial charge on any atom is -0.481 e. The minimum atomic E-state index is -4.81. The van der Waals surface area contributed by atoms with E-state index in [9.17, 15) is 32.7 Å². The fourth-order valence-corrected chi connectivity index (χ4v) is 6.05. The van der Waals surface area contributed by atoms with E-state index in [-0.39, 0.29) is 42.0 Å². The molecule has 0 fully saturated rings. The summed E-state index contributed by atoms with van der Waals surface area (Å²) in [6, 6.07) is 0.625. The summed E-state index contributed by atoms with van der Waals surface area (Å²) in [6.07, 6.45) is -4.55. The lowest BCUT2D eigenvalue weighted by molar-refractivity contribution is -0.139. The Bertz CT molecular complexity index is 1730. The van der Waals surface area contributed by atoms with Gasteiger partial charge >= 0.3 is 12.1 Å². The highest BCUT2D eigenvalue weighted by Crippen LogP contribution is 2.37. The van der Waals surface area contributed by atoms with E-state index in [1.807, 2.05) is 6.92 Å². The Morgan fingerprint density at radius 3 is 2.10 bits per heavy atom. The van der Waals surface area contributed by atoms with Crippen molar-refractivity contribution in [2.24, 2.45) is 5.92 Å². The summed E-state index contributed by atoms with van der Waals surface area (Å²) < 4.78 is 73.7. The van der Waals surface area contributed by atoms with Gasteiger partial charge in [0.2, 0.25) is 5.91 Å². The lowest BCUT2D eigenvalue weighted by atomic mass is 9.87. The van der Waals surface area contributed by atoms with Crippen LogP contribution in [0.5, 0.6) is 0 Å². The number of pyridine rings is 1. The largest absolute Gasteiger partial charge is 0.481 e. The first-order valence-corrected chi connectivity index (χ1v) is 15.7. The Kier molecular flexibility index (Phi) is 12.0.